The third-order valence-corrected chi connectivity index (χ3v) is 4.80. The fourth-order valence-corrected chi connectivity index (χ4v) is 3.29. The van der Waals surface area contributed by atoms with Crippen molar-refractivity contribution in [3.63, 3.8) is 0 Å². The van der Waals surface area contributed by atoms with E-state index in [9.17, 15) is 18.4 Å². The van der Waals surface area contributed by atoms with Crippen LogP contribution in [0.5, 0.6) is 5.75 Å². The molecule has 0 saturated carbocycles. The number of nitrogens with zero attached hydrogens (tertiary/aromatic N) is 2. The zero-order valence-corrected chi connectivity index (χ0v) is 16.8. The summed E-state index contributed by atoms with van der Waals surface area (Å²) in [7, 11) is 0. The average Bonchev–Trinajstić information content (AvgIpc) is 3.10. The number of para-hydroxylation sites is 1. The van der Waals surface area contributed by atoms with E-state index in [4.69, 9.17) is 0 Å². The lowest BCUT2D eigenvalue weighted by atomic mass is 10.1. The van der Waals surface area contributed by atoms with E-state index in [2.05, 4.69) is 10.1 Å². The minimum Gasteiger partial charge on any atom is -0.434 e. The molecule has 2 amide bonds. The normalized spacial score (nSPS) is 11.0. The predicted octanol–water partition coefficient (Wildman–Crippen LogP) is 4.36. The van der Waals surface area contributed by atoms with Gasteiger partial charge in [0.05, 0.1) is 5.56 Å². The molecule has 0 bridgehead atoms. The Labute approximate surface area is 173 Å². The molecule has 2 aromatic carbocycles. The first-order chi connectivity index (χ1) is 14.4. The molecular formula is C22H23F2N3O3. The number of likely N-dealkylation sites (N-methyl/N-ethyl adjacent to an activating group) is 1. The maximum atomic E-state index is 12.6. The minimum atomic E-state index is -3.02. The Hall–Kier alpha value is -3.42. The second kappa shape index (κ2) is 9.39. The van der Waals surface area contributed by atoms with Crippen LogP contribution in [0, 0.1) is 0 Å². The van der Waals surface area contributed by atoms with E-state index < -0.39 is 12.5 Å². The van der Waals surface area contributed by atoms with Gasteiger partial charge in [-0.05, 0) is 50.2 Å². The fourth-order valence-electron chi connectivity index (χ4n) is 3.29. The molecule has 0 spiro atoms. The topological polar surface area (TPSA) is 63.6 Å². The van der Waals surface area contributed by atoms with Crippen molar-refractivity contribution in [3.05, 3.63) is 60.3 Å². The van der Waals surface area contributed by atoms with Crippen LogP contribution in [0.15, 0.2) is 54.7 Å². The lowest BCUT2D eigenvalue weighted by molar-refractivity contribution is -0.131. The SMILES string of the molecule is CCN(CC)C(=O)Cn1ccc2cc(NC(=O)c3ccccc3OC(F)F)ccc21. The Bertz CT molecular complexity index is 1050. The van der Waals surface area contributed by atoms with Crippen molar-refractivity contribution in [1.82, 2.24) is 9.47 Å². The van der Waals surface area contributed by atoms with E-state index in [1.807, 2.05) is 36.7 Å². The van der Waals surface area contributed by atoms with Gasteiger partial charge in [-0.2, -0.15) is 8.78 Å². The minimum absolute atomic E-state index is 0.0142. The van der Waals surface area contributed by atoms with Crippen molar-refractivity contribution in [3.8, 4) is 5.75 Å². The lowest BCUT2D eigenvalue weighted by Crippen LogP contribution is -2.33. The van der Waals surface area contributed by atoms with Gasteiger partial charge in [-0.1, -0.05) is 12.1 Å². The van der Waals surface area contributed by atoms with Gasteiger partial charge in [0.25, 0.3) is 5.91 Å². The summed E-state index contributed by atoms with van der Waals surface area (Å²) >= 11 is 0. The highest BCUT2D eigenvalue weighted by Crippen LogP contribution is 2.24. The Morgan fingerprint density at radius 2 is 1.83 bits per heavy atom. The number of alkyl halides is 2. The number of carbonyl (C=O) groups excluding carboxylic acids is 2. The lowest BCUT2D eigenvalue weighted by Gasteiger charge is -2.19. The Morgan fingerprint density at radius 1 is 1.10 bits per heavy atom. The quantitative estimate of drug-likeness (QED) is 0.595. The molecule has 0 fully saturated rings. The Balaban J connectivity index is 1.78. The van der Waals surface area contributed by atoms with Crippen LogP contribution in [0.1, 0.15) is 24.2 Å². The van der Waals surface area contributed by atoms with Gasteiger partial charge in [0.1, 0.15) is 12.3 Å². The van der Waals surface area contributed by atoms with Gasteiger partial charge >= 0.3 is 6.61 Å². The maximum absolute atomic E-state index is 12.6. The molecule has 0 saturated heterocycles. The highest BCUT2D eigenvalue weighted by molar-refractivity contribution is 6.07. The predicted molar refractivity (Wildman–Crippen MR) is 111 cm³/mol. The second-order valence-corrected chi connectivity index (χ2v) is 6.61. The molecule has 3 rings (SSSR count). The first kappa shape index (κ1) is 21.3. The molecule has 158 valence electrons. The number of benzene rings is 2. The van der Waals surface area contributed by atoms with Crippen LogP contribution in [0.4, 0.5) is 14.5 Å². The van der Waals surface area contributed by atoms with Crippen LogP contribution in [-0.4, -0.2) is 41.0 Å². The zero-order chi connectivity index (χ0) is 21.7. The number of hydrogen-bond donors (Lipinski definition) is 1. The highest BCUT2D eigenvalue weighted by Gasteiger charge is 2.16. The van der Waals surface area contributed by atoms with Gasteiger partial charge in [-0.3, -0.25) is 9.59 Å². The number of rotatable bonds is 8. The summed E-state index contributed by atoms with van der Waals surface area (Å²) in [6.45, 7) is 2.40. The van der Waals surface area contributed by atoms with Crippen molar-refractivity contribution in [2.75, 3.05) is 18.4 Å². The van der Waals surface area contributed by atoms with Crippen LogP contribution in [-0.2, 0) is 11.3 Å². The highest BCUT2D eigenvalue weighted by atomic mass is 19.3. The van der Waals surface area contributed by atoms with Crippen molar-refractivity contribution >= 4 is 28.4 Å². The number of aromatic nitrogens is 1. The third-order valence-electron chi connectivity index (χ3n) is 4.80. The number of fused-ring (bicyclic) bond motifs is 1. The number of anilines is 1. The monoisotopic (exact) mass is 415 g/mol. The van der Waals surface area contributed by atoms with E-state index >= 15 is 0 Å². The molecule has 1 N–H and O–H groups in total. The fraction of sp³-hybridized carbons (Fsp3) is 0.273. The Morgan fingerprint density at radius 3 is 2.53 bits per heavy atom. The number of carbonyl (C=O) groups is 2. The van der Waals surface area contributed by atoms with E-state index in [1.165, 1.54) is 18.2 Å². The van der Waals surface area contributed by atoms with E-state index in [0.717, 1.165) is 10.9 Å². The van der Waals surface area contributed by atoms with Crippen LogP contribution >= 0.6 is 0 Å². The molecule has 1 aromatic heterocycles. The number of nitrogens with one attached hydrogen (secondary N) is 1. The molecule has 30 heavy (non-hydrogen) atoms. The van der Waals surface area contributed by atoms with Gasteiger partial charge in [-0.25, -0.2) is 0 Å². The summed E-state index contributed by atoms with van der Waals surface area (Å²) in [6.07, 6.45) is 1.82. The van der Waals surface area contributed by atoms with Crippen LogP contribution < -0.4 is 10.1 Å². The van der Waals surface area contributed by atoms with Crippen LogP contribution in [0.25, 0.3) is 10.9 Å². The number of ether oxygens (including phenoxy) is 1. The molecule has 0 radical (unpaired) electrons. The van der Waals surface area contributed by atoms with Gasteiger partial charge in [-0.15, -0.1) is 0 Å². The molecule has 0 aliphatic carbocycles. The molecule has 0 aliphatic rings. The second-order valence-electron chi connectivity index (χ2n) is 6.61. The summed E-state index contributed by atoms with van der Waals surface area (Å²) in [5.74, 6) is -0.709. The Kier molecular flexibility index (Phi) is 6.66. The molecule has 0 unspecified atom stereocenters. The standard InChI is InChI=1S/C22H23F2N3O3/c1-3-26(4-2)20(28)14-27-12-11-15-13-16(9-10-18(15)27)25-21(29)17-7-5-6-8-19(17)30-22(23)24/h5-13,22H,3-4,14H2,1-2H3,(H,25,29). The number of amides is 2. The van der Waals surface area contributed by atoms with Gasteiger partial charge in [0, 0.05) is 35.9 Å². The molecule has 3 aromatic rings. The first-order valence-electron chi connectivity index (χ1n) is 9.64. The van der Waals surface area contributed by atoms with Crippen molar-refractivity contribution in [2.24, 2.45) is 0 Å². The molecule has 0 atom stereocenters. The zero-order valence-electron chi connectivity index (χ0n) is 16.8. The van der Waals surface area contributed by atoms with Crippen LogP contribution in [0.2, 0.25) is 0 Å². The summed E-state index contributed by atoms with van der Waals surface area (Å²) in [6, 6.07) is 13.0. The van der Waals surface area contributed by atoms with Crippen molar-refractivity contribution in [1.29, 1.82) is 0 Å². The van der Waals surface area contributed by atoms with Gasteiger partial charge in [0.2, 0.25) is 5.91 Å². The maximum Gasteiger partial charge on any atom is 0.387 e. The first-order valence-corrected chi connectivity index (χ1v) is 9.64. The van der Waals surface area contributed by atoms with Crippen molar-refractivity contribution in [2.45, 2.75) is 27.0 Å². The molecule has 8 heteroatoms. The largest absolute Gasteiger partial charge is 0.434 e. The van der Waals surface area contributed by atoms with E-state index in [1.54, 1.807) is 23.1 Å². The molecular weight excluding hydrogens is 392 g/mol. The molecule has 0 aliphatic heterocycles. The number of halogens is 2. The van der Waals surface area contributed by atoms with E-state index in [0.29, 0.717) is 18.8 Å². The third kappa shape index (κ3) is 4.76. The van der Waals surface area contributed by atoms with Crippen LogP contribution in [0.3, 0.4) is 0 Å². The van der Waals surface area contributed by atoms with Gasteiger partial charge in [0.15, 0.2) is 0 Å². The summed E-state index contributed by atoms with van der Waals surface area (Å²) < 4.78 is 31.4. The van der Waals surface area contributed by atoms with E-state index in [-0.39, 0.29) is 23.8 Å². The number of hydrogen-bond acceptors (Lipinski definition) is 3. The average molecular weight is 415 g/mol. The van der Waals surface area contributed by atoms with Crippen molar-refractivity contribution < 1.29 is 23.1 Å². The molecule has 6 nitrogen and oxygen atoms in total. The molecule has 1 heterocycles. The summed E-state index contributed by atoms with van der Waals surface area (Å²) in [4.78, 5) is 26.7. The smallest absolute Gasteiger partial charge is 0.387 e. The van der Waals surface area contributed by atoms with Gasteiger partial charge < -0.3 is 19.5 Å². The summed E-state index contributed by atoms with van der Waals surface area (Å²) in [5, 5.41) is 3.55. The summed E-state index contributed by atoms with van der Waals surface area (Å²) in [5.41, 5.74) is 1.38.